The molecule has 0 unspecified atom stereocenters. The number of aryl methyl sites for hydroxylation is 1. The Kier molecular flexibility index (Phi) is 4.59. The van der Waals surface area contributed by atoms with Gasteiger partial charge in [-0.3, -0.25) is 0 Å². The van der Waals surface area contributed by atoms with Crippen molar-refractivity contribution in [3.05, 3.63) is 23.4 Å². The summed E-state index contributed by atoms with van der Waals surface area (Å²) in [5.74, 6) is 1.82. The molecular weight excluding hydrogens is 224 g/mol. The largest absolute Gasteiger partial charge is 0.392 e. The van der Waals surface area contributed by atoms with Crippen LogP contribution in [0, 0.1) is 5.92 Å². The van der Waals surface area contributed by atoms with Crippen molar-refractivity contribution in [3.8, 4) is 0 Å². The van der Waals surface area contributed by atoms with Crippen molar-refractivity contribution in [2.45, 2.75) is 45.6 Å². The van der Waals surface area contributed by atoms with Crippen LogP contribution in [0.15, 0.2) is 12.1 Å². The summed E-state index contributed by atoms with van der Waals surface area (Å²) in [6, 6.07) is 4.00. The van der Waals surface area contributed by atoms with E-state index in [0.717, 1.165) is 36.0 Å². The lowest BCUT2D eigenvalue weighted by Crippen LogP contribution is -2.25. The molecule has 18 heavy (non-hydrogen) atoms. The highest BCUT2D eigenvalue weighted by Gasteiger charge is 2.17. The highest BCUT2D eigenvalue weighted by atomic mass is 16.3. The molecule has 1 N–H and O–H groups in total. The molecule has 1 aromatic rings. The van der Waals surface area contributed by atoms with Crippen LogP contribution in [0.1, 0.15) is 43.9 Å². The van der Waals surface area contributed by atoms with Gasteiger partial charge in [-0.15, -0.1) is 0 Å². The average molecular weight is 248 g/mol. The number of rotatable bonds is 5. The molecule has 0 aliphatic heterocycles. The maximum Gasteiger partial charge on any atom is 0.128 e. The first-order valence-electron chi connectivity index (χ1n) is 7.04. The van der Waals surface area contributed by atoms with Crippen LogP contribution in [-0.4, -0.2) is 23.7 Å². The molecule has 0 amide bonds. The number of anilines is 1. The predicted molar refractivity (Wildman–Crippen MR) is 74.8 cm³/mol. The van der Waals surface area contributed by atoms with Crippen LogP contribution in [0.25, 0.3) is 0 Å². The lowest BCUT2D eigenvalue weighted by molar-refractivity contribution is 0.281. The molecule has 1 heterocycles. The van der Waals surface area contributed by atoms with Gasteiger partial charge in [0.15, 0.2) is 0 Å². The van der Waals surface area contributed by atoms with E-state index in [1.165, 1.54) is 25.7 Å². The first kappa shape index (κ1) is 13.3. The van der Waals surface area contributed by atoms with Crippen molar-refractivity contribution in [2.75, 3.05) is 18.5 Å². The minimum atomic E-state index is 0.0970. The van der Waals surface area contributed by atoms with Gasteiger partial charge in [0.2, 0.25) is 0 Å². The number of hydrogen-bond donors (Lipinski definition) is 1. The molecule has 1 fully saturated rings. The number of aliphatic hydroxyl groups is 1. The van der Waals surface area contributed by atoms with E-state index >= 15 is 0 Å². The van der Waals surface area contributed by atoms with Crippen LogP contribution in [0.3, 0.4) is 0 Å². The van der Waals surface area contributed by atoms with Crippen LogP contribution in [-0.2, 0) is 13.0 Å². The van der Waals surface area contributed by atoms with Gasteiger partial charge in [-0.1, -0.05) is 19.8 Å². The summed E-state index contributed by atoms with van der Waals surface area (Å²) in [5.41, 5.74) is 2.03. The number of pyridine rings is 1. The monoisotopic (exact) mass is 248 g/mol. The van der Waals surface area contributed by atoms with Gasteiger partial charge in [-0.25, -0.2) is 4.98 Å². The molecule has 0 bridgehead atoms. The van der Waals surface area contributed by atoms with Gasteiger partial charge in [-0.05, 0) is 42.9 Å². The Hall–Kier alpha value is -1.09. The third-order valence-electron chi connectivity index (χ3n) is 3.87. The molecule has 0 saturated heterocycles. The Bertz CT molecular complexity index is 364. The summed E-state index contributed by atoms with van der Waals surface area (Å²) in [6.07, 6.45) is 6.37. The maximum absolute atomic E-state index is 9.30. The zero-order valence-corrected chi connectivity index (χ0v) is 11.5. The highest BCUT2D eigenvalue weighted by molar-refractivity contribution is 5.42. The normalized spacial score (nSPS) is 16.2. The second-order valence-corrected chi connectivity index (χ2v) is 5.37. The van der Waals surface area contributed by atoms with Gasteiger partial charge < -0.3 is 10.0 Å². The molecule has 1 saturated carbocycles. The predicted octanol–water partition coefficient (Wildman–Crippen LogP) is 2.76. The molecule has 3 nitrogen and oxygen atoms in total. The Labute approximate surface area is 110 Å². The van der Waals surface area contributed by atoms with E-state index in [1.807, 2.05) is 12.1 Å². The minimum Gasteiger partial charge on any atom is -0.392 e. The number of hydrogen-bond acceptors (Lipinski definition) is 3. The number of aliphatic hydroxyl groups excluding tert-OH is 1. The zero-order valence-electron chi connectivity index (χ0n) is 11.5. The maximum atomic E-state index is 9.30. The van der Waals surface area contributed by atoms with Crippen molar-refractivity contribution < 1.29 is 5.11 Å². The lowest BCUT2D eigenvalue weighted by Gasteiger charge is -2.23. The SMILES string of the molecule is CCc1cc(CO)cc(N(C)CC2CCCC2)n1. The van der Waals surface area contributed by atoms with Crippen molar-refractivity contribution in [3.63, 3.8) is 0 Å². The third-order valence-corrected chi connectivity index (χ3v) is 3.87. The minimum absolute atomic E-state index is 0.0970. The Morgan fingerprint density at radius 1 is 1.33 bits per heavy atom. The Balaban J connectivity index is 2.09. The summed E-state index contributed by atoms with van der Waals surface area (Å²) in [7, 11) is 2.11. The molecule has 3 heteroatoms. The van der Waals surface area contributed by atoms with Crippen molar-refractivity contribution in [2.24, 2.45) is 5.92 Å². The van der Waals surface area contributed by atoms with Crippen LogP contribution in [0.4, 0.5) is 5.82 Å². The number of aromatic nitrogens is 1. The first-order valence-corrected chi connectivity index (χ1v) is 7.04. The lowest BCUT2D eigenvalue weighted by atomic mass is 10.1. The molecule has 1 aliphatic carbocycles. The van der Waals surface area contributed by atoms with E-state index in [1.54, 1.807) is 0 Å². The van der Waals surface area contributed by atoms with E-state index in [-0.39, 0.29) is 6.61 Å². The van der Waals surface area contributed by atoms with Crippen molar-refractivity contribution in [1.29, 1.82) is 0 Å². The fourth-order valence-corrected chi connectivity index (χ4v) is 2.77. The molecule has 1 aliphatic rings. The van der Waals surface area contributed by atoms with E-state index in [4.69, 9.17) is 0 Å². The molecular formula is C15H24N2O. The average Bonchev–Trinajstić information content (AvgIpc) is 2.90. The molecule has 1 aromatic heterocycles. The van der Waals surface area contributed by atoms with Gasteiger partial charge >= 0.3 is 0 Å². The molecule has 0 spiro atoms. The quantitative estimate of drug-likeness (QED) is 0.870. The molecule has 0 aromatic carbocycles. The van der Waals surface area contributed by atoms with E-state index in [9.17, 15) is 5.11 Å². The molecule has 2 rings (SSSR count). The summed E-state index contributed by atoms with van der Waals surface area (Å²) in [6.45, 7) is 3.29. The van der Waals surface area contributed by atoms with Gasteiger partial charge in [0.05, 0.1) is 6.61 Å². The fourth-order valence-electron chi connectivity index (χ4n) is 2.77. The summed E-state index contributed by atoms with van der Waals surface area (Å²) < 4.78 is 0. The Morgan fingerprint density at radius 2 is 2.06 bits per heavy atom. The van der Waals surface area contributed by atoms with Crippen LogP contribution in [0.5, 0.6) is 0 Å². The first-order chi connectivity index (χ1) is 8.72. The molecule has 0 radical (unpaired) electrons. The topological polar surface area (TPSA) is 36.4 Å². The highest BCUT2D eigenvalue weighted by Crippen LogP contribution is 2.26. The van der Waals surface area contributed by atoms with Gasteiger partial charge in [0.1, 0.15) is 5.82 Å². The number of nitrogens with zero attached hydrogens (tertiary/aromatic N) is 2. The fraction of sp³-hybridized carbons (Fsp3) is 0.667. The van der Waals surface area contributed by atoms with E-state index < -0.39 is 0 Å². The van der Waals surface area contributed by atoms with Crippen molar-refractivity contribution in [1.82, 2.24) is 4.98 Å². The molecule has 100 valence electrons. The summed E-state index contributed by atoms with van der Waals surface area (Å²) in [5, 5.41) is 9.30. The van der Waals surface area contributed by atoms with Gasteiger partial charge in [0.25, 0.3) is 0 Å². The van der Waals surface area contributed by atoms with Crippen molar-refractivity contribution >= 4 is 5.82 Å². The van der Waals surface area contributed by atoms with E-state index in [2.05, 4.69) is 23.9 Å². The second kappa shape index (κ2) is 6.19. The summed E-state index contributed by atoms with van der Waals surface area (Å²) >= 11 is 0. The Morgan fingerprint density at radius 3 is 2.67 bits per heavy atom. The third kappa shape index (κ3) is 3.22. The van der Waals surface area contributed by atoms with Gasteiger partial charge in [-0.2, -0.15) is 0 Å². The van der Waals surface area contributed by atoms with Crippen LogP contribution < -0.4 is 4.90 Å². The van der Waals surface area contributed by atoms with Crippen LogP contribution >= 0.6 is 0 Å². The van der Waals surface area contributed by atoms with Gasteiger partial charge in [0, 0.05) is 19.3 Å². The summed E-state index contributed by atoms with van der Waals surface area (Å²) in [4.78, 5) is 6.90. The second-order valence-electron chi connectivity index (χ2n) is 5.37. The smallest absolute Gasteiger partial charge is 0.128 e. The molecule has 0 atom stereocenters. The van der Waals surface area contributed by atoms with E-state index in [0.29, 0.717) is 0 Å². The van der Waals surface area contributed by atoms with Crippen LogP contribution in [0.2, 0.25) is 0 Å². The zero-order chi connectivity index (χ0) is 13.0. The standard InChI is InChI=1S/C15H24N2O/c1-3-14-8-13(11-18)9-15(16-14)17(2)10-12-6-4-5-7-12/h8-9,12,18H,3-7,10-11H2,1-2H3.